The molecule has 146 valence electrons. The van der Waals surface area contributed by atoms with Crippen molar-refractivity contribution in [2.45, 2.75) is 32.9 Å². The summed E-state index contributed by atoms with van der Waals surface area (Å²) in [5.74, 6) is 0.291. The van der Waals surface area contributed by atoms with E-state index in [2.05, 4.69) is 5.10 Å². The minimum Gasteiger partial charge on any atom is -0.485 e. The molecule has 0 unspecified atom stereocenters. The summed E-state index contributed by atoms with van der Waals surface area (Å²) in [6.07, 6.45) is 1.40. The van der Waals surface area contributed by atoms with Gasteiger partial charge in [-0.25, -0.2) is 9.07 Å². The van der Waals surface area contributed by atoms with E-state index in [9.17, 15) is 9.18 Å². The fourth-order valence-electron chi connectivity index (χ4n) is 2.49. The lowest BCUT2D eigenvalue weighted by molar-refractivity contribution is 0.291. The Labute approximate surface area is 167 Å². The van der Waals surface area contributed by atoms with Gasteiger partial charge in [-0.3, -0.25) is 4.79 Å². The summed E-state index contributed by atoms with van der Waals surface area (Å²) >= 11 is 6.15. The maximum Gasteiger partial charge on any atom is 0.289 e. The number of benzene rings is 2. The molecule has 0 saturated heterocycles. The monoisotopic (exact) mass is 402 g/mol. The highest BCUT2D eigenvalue weighted by Crippen LogP contribution is 2.27. The number of halogens is 2. The first-order valence-corrected chi connectivity index (χ1v) is 9.06. The molecule has 7 heteroatoms. The van der Waals surface area contributed by atoms with Gasteiger partial charge < -0.3 is 9.47 Å². The van der Waals surface area contributed by atoms with Gasteiger partial charge in [-0.15, -0.1) is 0 Å². The summed E-state index contributed by atoms with van der Waals surface area (Å²) in [4.78, 5) is 12.4. The molecule has 0 saturated carbocycles. The van der Waals surface area contributed by atoms with Gasteiger partial charge in [-0.2, -0.15) is 5.10 Å². The Hall–Kier alpha value is -2.86. The predicted octanol–water partition coefficient (Wildman–Crippen LogP) is 5.16. The van der Waals surface area contributed by atoms with Crippen molar-refractivity contribution in [2.24, 2.45) is 0 Å². The van der Waals surface area contributed by atoms with Gasteiger partial charge in [0.2, 0.25) is 0 Å². The second kappa shape index (κ2) is 8.02. The number of nitrogens with zero attached hydrogens (tertiary/aromatic N) is 2. The summed E-state index contributed by atoms with van der Waals surface area (Å²) in [5, 5.41) is 4.07. The van der Waals surface area contributed by atoms with E-state index in [1.807, 2.05) is 26.8 Å². The summed E-state index contributed by atoms with van der Waals surface area (Å²) < 4.78 is 26.6. The lowest BCUT2D eigenvalue weighted by Crippen LogP contribution is -2.36. The fourth-order valence-corrected chi connectivity index (χ4v) is 2.67. The van der Waals surface area contributed by atoms with E-state index >= 15 is 0 Å². The van der Waals surface area contributed by atoms with Gasteiger partial charge >= 0.3 is 0 Å². The van der Waals surface area contributed by atoms with E-state index in [0.29, 0.717) is 11.3 Å². The normalized spacial score (nSPS) is 11.3. The maximum absolute atomic E-state index is 14.1. The van der Waals surface area contributed by atoms with Gasteiger partial charge in [-0.05, 0) is 50.6 Å². The molecule has 0 bridgehead atoms. The summed E-state index contributed by atoms with van der Waals surface area (Å²) in [6, 6.07) is 13.3. The number of para-hydroxylation sites is 1. The molecule has 0 fully saturated rings. The van der Waals surface area contributed by atoms with Crippen molar-refractivity contribution in [3.05, 3.63) is 81.5 Å². The van der Waals surface area contributed by atoms with Crippen LogP contribution in [0, 0.1) is 5.82 Å². The van der Waals surface area contributed by atoms with Crippen LogP contribution in [-0.2, 0) is 12.1 Å². The van der Waals surface area contributed by atoms with Gasteiger partial charge in [0.1, 0.15) is 12.4 Å². The van der Waals surface area contributed by atoms with Crippen LogP contribution in [0.15, 0.2) is 59.5 Å². The van der Waals surface area contributed by atoms with Crippen molar-refractivity contribution >= 4 is 11.6 Å². The number of ether oxygens (including phenoxy) is 2. The molecule has 0 amide bonds. The fraction of sp³-hybridized carbons (Fsp3) is 0.238. The highest BCUT2D eigenvalue weighted by atomic mass is 35.5. The average Bonchev–Trinajstić information content (AvgIpc) is 2.65. The van der Waals surface area contributed by atoms with Crippen LogP contribution in [0.1, 0.15) is 26.3 Å². The lowest BCUT2D eigenvalue weighted by atomic mass is 10.1. The quantitative estimate of drug-likeness (QED) is 0.591. The molecule has 5 nitrogen and oxygen atoms in total. The number of aromatic nitrogens is 2. The van der Waals surface area contributed by atoms with Gasteiger partial charge in [0.25, 0.3) is 5.56 Å². The van der Waals surface area contributed by atoms with E-state index in [1.54, 1.807) is 36.4 Å². The van der Waals surface area contributed by atoms with Crippen LogP contribution in [0.3, 0.4) is 0 Å². The van der Waals surface area contributed by atoms with Crippen LogP contribution in [0.2, 0.25) is 5.02 Å². The first-order valence-electron chi connectivity index (χ1n) is 8.68. The van der Waals surface area contributed by atoms with Gasteiger partial charge in [0, 0.05) is 0 Å². The Kier molecular flexibility index (Phi) is 5.70. The van der Waals surface area contributed by atoms with E-state index < -0.39 is 16.9 Å². The molecule has 1 aromatic heterocycles. The smallest absolute Gasteiger partial charge is 0.289 e. The zero-order valence-electron chi connectivity index (χ0n) is 15.8. The van der Waals surface area contributed by atoms with Crippen LogP contribution >= 0.6 is 11.6 Å². The standard InChI is InChI=1S/C21H20ClFN2O3/c1-21(2,3)25-20(26)19(22)18(12-24-25)27-13-14-9-10-16(23)17(11-14)28-15-7-5-4-6-8-15/h4-12H,13H2,1-3H3. The largest absolute Gasteiger partial charge is 0.485 e. The third-order valence-corrected chi connectivity index (χ3v) is 4.23. The van der Waals surface area contributed by atoms with Crippen molar-refractivity contribution in [2.75, 3.05) is 0 Å². The highest BCUT2D eigenvalue weighted by Gasteiger charge is 2.20. The molecular weight excluding hydrogens is 383 g/mol. The van der Waals surface area contributed by atoms with E-state index in [0.717, 1.165) is 0 Å². The molecule has 28 heavy (non-hydrogen) atoms. The summed E-state index contributed by atoms with van der Waals surface area (Å²) in [6.45, 7) is 5.63. The Morgan fingerprint density at radius 2 is 1.82 bits per heavy atom. The van der Waals surface area contributed by atoms with Crippen molar-refractivity contribution in [1.82, 2.24) is 9.78 Å². The zero-order valence-corrected chi connectivity index (χ0v) is 16.5. The molecule has 0 radical (unpaired) electrons. The molecule has 1 heterocycles. The third kappa shape index (κ3) is 4.51. The first-order chi connectivity index (χ1) is 13.3. The van der Waals surface area contributed by atoms with E-state index in [1.165, 1.54) is 16.9 Å². The molecule has 0 aliphatic rings. The van der Waals surface area contributed by atoms with Crippen LogP contribution in [0.5, 0.6) is 17.2 Å². The molecule has 0 atom stereocenters. The van der Waals surface area contributed by atoms with Crippen LogP contribution in [0.4, 0.5) is 4.39 Å². The second-order valence-electron chi connectivity index (χ2n) is 7.18. The Balaban J connectivity index is 1.77. The van der Waals surface area contributed by atoms with Gasteiger partial charge in [0.15, 0.2) is 22.3 Å². The van der Waals surface area contributed by atoms with Crippen molar-refractivity contribution in [3.8, 4) is 17.2 Å². The average molecular weight is 403 g/mol. The van der Waals surface area contributed by atoms with Crippen LogP contribution in [0.25, 0.3) is 0 Å². The topological polar surface area (TPSA) is 53.4 Å². The number of rotatable bonds is 5. The molecule has 2 aromatic carbocycles. The van der Waals surface area contributed by atoms with Crippen molar-refractivity contribution in [1.29, 1.82) is 0 Å². The van der Waals surface area contributed by atoms with E-state index in [4.69, 9.17) is 21.1 Å². The second-order valence-corrected chi connectivity index (χ2v) is 7.56. The molecule has 0 aliphatic carbocycles. The molecule has 3 aromatic rings. The number of hydrogen-bond acceptors (Lipinski definition) is 4. The summed E-state index contributed by atoms with van der Waals surface area (Å²) in [5.41, 5.74) is -0.276. The molecule has 3 rings (SSSR count). The van der Waals surface area contributed by atoms with Crippen LogP contribution in [-0.4, -0.2) is 9.78 Å². The van der Waals surface area contributed by atoms with Crippen molar-refractivity contribution in [3.63, 3.8) is 0 Å². The summed E-state index contributed by atoms with van der Waals surface area (Å²) in [7, 11) is 0. The number of hydrogen-bond donors (Lipinski definition) is 0. The molecule has 0 spiro atoms. The Morgan fingerprint density at radius 3 is 2.50 bits per heavy atom. The maximum atomic E-state index is 14.1. The SMILES string of the molecule is CC(C)(C)n1ncc(OCc2ccc(F)c(Oc3ccccc3)c2)c(Cl)c1=O. The van der Waals surface area contributed by atoms with Gasteiger partial charge in [-0.1, -0.05) is 35.9 Å². The molecule has 0 aliphatic heterocycles. The molecule has 0 N–H and O–H groups in total. The first kappa shape index (κ1) is 19.9. The predicted molar refractivity (Wildman–Crippen MR) is 106 cm³/mol. The van der Waals surface area contributed by atoms with E-state index in [-0.39, 0.29) is 23.1 Å². The van der Waals surface area contributed by atoms with Crippen molar-refractivity contribution < 1.29 is 13.9 Å². The Morgan fingerprint density at radius 1 is 1.11 bits per heavy atom. The highest BCUT2D eigenvalue weighted by molar-refractivity contribution is 6.31. The third-order valence-electron chi connectivity index (χ3n) is 3.88. The zero-order chi connectivity index (χ0) is 20.3. The van der Waals surface area contributed by atoms with Crippen LogP contribution < -0.4 is 15.0 Å². The minimum absolute atomic E-state index is 0.0483. The minimum atomic E-state index is -0.500. The molecular formula is C21H20ClFN2O3. The lowest BCUT2D eigenvalue weighted by Gasteiger charge is -2.21. The van der Waals surface area contributed by atoms with Gasteiger partial charge in [0.05, 0.1) is 11.7 Å². The Bertz CT molecular complexity index is 1030.